The lowest BCUT2D eigenvalue weighted by Gasteiger charge is -2.28. The summed E-state index contributed by atoms with van der Waals surface area (Å²) in [6, 6.07) is 0. The van der Waals surface area contributed by atoms with Gasteiger partial charge in [0.2, 0.25) is 0 Å². The molecular formula is C12H27NO3. The van der Waals surface area contributed by atoms with Gasteiger partial charge >= 0.3 is 0 Å². The molecule has 0 rings (SSSR count). The summed E-state index contributed by atoms with van der Waals surface area (Å²) >= 11 is 0. The van der Waals surface area contributed by atoms with E-state index in [0.717, 1.165) is 32.4 Å². The first-order valence-electron chi connectivity index (χ1n) is 6.11. The number of nitrogens with one attached hydrogen (secondary N) is 1. The fourth-order valence-corrected chi connectivity index (χ4v) is 1.46. The highest BCUT2D eigenvalue weighted by Crippen LogP contribution is 2.11. The highest BCUT2D eigenvalue weighted by atomic mass is 16.5. The molecule has 0 aromatic carbocycles. The van der Waals surface area contributed by atoms with E-state index >= 15 is 0 Å². The Kier molecular flexibility index (Phi) is 9.92. The van der Waals surface area contributed by atoms with Gasteiger partial charge in [-0.2, -0.15) is 0 Å². The molecule has 0 heterocycles. The maximum absolute atomic E-state index is 9.33. The second-order valence-corrected chi connectivity index (χ2v) is 4.35. The molecule has 4 heteroatoms. The molecule has 0 bridgehead atoms. The number of hydrogen-bond donors (Lipinski definition) is 2. The Morgan fingerprint density at radius 3 is 2.56 bits per heavy atom. The van der Waals surface area contributed by atoms with E-state index in [-0.39, 0.29) is 12.1 Å². The highest BCUT2D eigenvalue weighted by molar-refractivity contribution is 4.81. The van der Waals surface area contributed by atoms with Crippen molar-refractivity contribution in [2.45, 2.75) is 38.6 Å². The number of aliphatic hydroxyl groups is 1. The maximum Gasteiger partial charge on any atom is 0.0700 e. The molecule has 0 aliphatic carbocycles. The predicted molar refractivity (Wildman–Crippen MR) is 65.7 cm³/mol. The summed E-state index contributed by atoms with van der Waals surface area (Å²) in [5.41, 5.74) is -0.166. The van der Waals surface area contributed by atoms with Gasteiger partial charge in [0.15, 0.2) is 0 Å². The van der Waals surface area contributed by atoms with Crippen molar-refractivity contribution in [3.05, 3.63) is 0 Å². The van der Waals surface area contributed by atoms with E-state index in [4.69, 9.17) is 9.47 Å². The first-order chi connectivity index (χ1) is 7.68. The second-order valence-electron chi connectivity index (χ2n) is 4.35. The van der Waals surface area contributed by atoms with E-state index in [1.165, 1.54) is 0 Å². The monoisotopic (exact) mass is 233 g/mol. The first-order valence-corrected chi connectivity index (χ1v) is 6.11. The summed E-state index contributed by atoms with van der Waals surface area (Å²) in [5, 5.41) is 12.7. The van der Waals surface area contributed by atoms with Gasteiger partial charge in [0, 0.05) is 19.3 Å². The van der Waals surface area contributed by atoms with Crippen molar-refractivity contribution >= 4 is 0 Å². The molecule has 0 aliphatic rings. The minimum atomic E-state index is -0.166. The summed E-state index contributed by atoms with van der Waals surface area (Å²) in [6.45, 7) is 7.32. The zero-order valence-electron chi connectivity index (χ0n) is 10.9. The number of methoxy groups -OCH3 is 1. The summed E-state index contributed by atoms with van der Waals surface area (Å²) < 4.78 is 10.3. The van der Waals surface area contributed by atoms with E-state index in [1.54, 1.807) is 7.11 Å². The third kappa shape index (κ3) is 8.05. The van der Waals surface area contributed by atoms with Crippen molar-refractivity contribution in [1.29, 1.82) is 0 Å². The first kappa shape index (κ1) is 15.8. The van der Waals surface area contributed by atoms with E-state index in [0.29, 0.717) is 13.2 Å². The van der Waals surface area contributed by atoms with Crippen molar-refractivity contribution in [2.75, 3.05) is 40.1 Å². The minimum absolute atomic E-state index is 0.166. The molecule has 1 atom stereocenters. The van der Waals surface area contributed by atoms with Crippen molar-refractivity contribution in [3.63, 3.8) is 0 Å². The summed E-state index contributed by atoms with van der Waals surface area (Å²) in [4.78, 5) is 0. The Morgan fingerprint density at radius 1 is 1.25 bits per heavy atom. The molecule has 0 aromatic heterocycles. The van der Waals surface area contributed by atoms with Gasteiger partial charge in [-0.1, -0.05) is 6.92 Å². The molecule has 0 fully saturated rings. The van der Waals surface area contributed by atoms with Crippen LogP contribution in [0.3, 0.4) is 0 Å². The van der Waals surface area contributed by atoms with E-state index in [2.05, 4.69) is 19.2 Å². The molecule has 0 saturated heterocycles. The standard InChI is InChI=1S/C12H27NO3/c1-4-7-13-12(2,11-14)6-5-8-16-10-9-15-3/h13-14H,4-11H2,1-3H3. The van der Waals surface area contributed by atoms with Gasteiger partial charge in [0.05, 0.1) is 19.8 Å². The van der Waals surface area contributed by atoms with Crippen molar-refractivity contribution in [3.8, 4) is 0 Å². The van der Waals surface area contributed by atoms with Gasteiger partial charge in [-0.05, 0) is 32.7 Å². The molecule has 2 N–H and O–H groups in total. The second kappa shape index (κ2) is 10.0. The maximum atomic E-state index is 9.33. The normalized spacial score (nSPS) is 15.0. The number of ether oxygens (including phenoxy) is 2. The molecule has 0 aliphatic heterocycles. The van der Waals surface area contributed by atoms with Gasteiger partial charge in [-0.25, -0.2) is 0 Å². The van der Waals surface area contributed by atoms with Crippen LogP contribution >= 0.6 is 0 Å². The fraction of sp³-hybridized carbons (Fsp3) is 1.00. The average molecular weight is 233 g/mol. The Morgan fingerprint density at radius 2 is 2.00 bits per heavy atom. The molecule has 0 saturated carbocycles. The molecule has 0 radical (unpaired) electrons. The fourth-order valence-electron chi connectivity index (χ4n) is 1.46. The van der Waals surface area contributed by atoms with Crippen LogP contribution < -0.4 is 5.32 Å². The Bertz CT molecular complexity index is 155. The lowest BCUT2D eigenvalue weighted by Crippen LogP contribution is -2.46. The van der Waals surface area contributed by atoms with Crippen molar-refractivity contribution in [1.82, 2.24) is 5.32 Å². The van der Waals surface area contributed by atoms with E-state index in [1.807, 2.05) is 0 Å². The lowest BCUT2D eigenvalue weighted by molar-refractivity contribution is 0.0628. The van der Waals surface area contributed by atoms with E-state index < -0.39 is 0 Å². The smallest absolute Gasteiger partial charge is 0.0700 e. The number of rotatable bonds is 11. The van der Waals surface area contributed by atoms with Crippen LogP contribution in [0.25, 0.3) is 0 Å². The van der Waals surface area contributed by atoms with Crippen LogP contribution in [-0.4, -0.2) is 50.7 Å². The zero-order valence-corrected chi connectivity index (χ0v) is 10.9. The third-order valence-corrected chi connectivity index (χ3v) is 2.60. The third-order valence-electron chi connectivity index (χ3n) is 2.60. The molecule has 0 aromatic rings. The van der Waals surface area contributed by atoms with Crippen LogP contribution in [0.2, 0.25) is 0 Å². The molecule has 0 spiro atoms. The SMILES string of the molecule is CCCNC(C)(CO)CCCOCCOC. The molecular weight excluding hydrogens is 206 g/mol. The van der Waals surface area contributed by atoms with E-state index in [9.17, 15) is 5.11 Å². The number of hydrogen-bond acceptors (Lipinski definition) is 4. The van der Waals surface area contributed by atoms with Crippen LogP contribution in [0.15, 0.2) is 0 Å². The molecule has 4 nitrogen and oxygen atoms in total. The Hall–Kier alpha value is -0.160. The topological polar surface area (TPSA) is 50.7 Å². The van der Waals surface area contributed by atoms with Crippen LogP contribution in [0.4, 0.5) is 0 Å². The highest BCUT2D eigenvalue weighted by Gasteiger charge is 2.21. The number of aliphatic hydroxyl groups excluding tert-OH is 1. The molecule has 1 unspecified atom stereocenters. The van der Waals surface area contributed by atoms with Gasteiger partial charge < -0.3 is 19.9 Å². The van der Waals surface area contributed by atoms with Crippen LogP contribution in [0.1, 0.15) is 33.1 Å². The molecule has 98 valence electrons. The largest absolute Gasteiger partial charge is 0.394 e. The Labute approximate surface area is 99.3 Å². The van der Waals surface area contributed by atoms with Crippen molar-refractivity contribution < 1.29 is 14.6 Å². The van der Waals surface area contributed by atoms with Gasteiger partial charge in [-0.3, -0.25) is 0 Å². The minimum Gasteiger partial charge on any atom is -0.394 e. The Balaban J connectivity index is 3.53. The van der Waals surface area contributed by atoms with Crippen molar-refractivity contribution in [2.24, 2.45) is 0 Å². The van der Waals surface area contributed by atoms with Gasteiger partial charge in [-0.15, -0.1) is 0 Å². The quantitative estimate of drug-likeness (QED) is 0.526. The van der Waals surface area contributed by atoms with Gasteiger partial charge in [0.1, 0.15) is 0 Å². The van der Waals surface area contributed by atoms with Crippen LogP contribution in [0, 0.1) is 0 Å². The summed E-state index contributed by atoms with van der Waals surface area (Å²) in [7, 11) is 1.67. The molecule has 0 amide bonds. The average Bonchev–Trinajstić information content (AvgIpc) is 2.31. The van der Waals surface area contributed by atoms with Crippen LogP contribution in [-0.2, 0) is 9.47 Å². The predicted octanol–water partition coefficient (Wildman–Crippen LogP) is 1.18. The summed E-state index contributed by atoms with van der Waals surface area (Å²) in [5.74, 6) is 0. The van der Waals surface area contributed by atoms with Gasteiger partial charge in [0.25, 0.3) is 0 Å². The lowest BCUT2D eigenvalue weighted by atomic mass is 9.97. The molecule has 16 heavy (non-hydrogen) atoms. The van der Waals surface area contributed by atoms with Crippen LogP contribution in [0.5, 0.6) is 0 Å². The zero-order chi connectivity index (χ0) is 12.3. The summed E-state index contributed by atoms with van der Waals surface area (Å²) in [6.07, 6.45) is 2.97.